The van der Waals surface area contributed by atoms with Crippen LogP contribution in [0.3, 0.4) is 0 Å². The van der Waals surface area contributed by atoms with Crippen LogP contribution in [0.1, 0.15) is 43.0 Å². The van der Waals surface area contributed by atoms with Crippen LogP contribution in [-0.4, -0.2) is 26.9 Å². The molecule has 0 N–H and O–H groups in total. The molecule has 0 saturated carbocycles. The third-order valence-corrected chi connectivity index (χ3v) is 6.22. The van der Waals surface area contributed by atoms with E-state index < -0.39 is 6.04 Å². The Morgan fingerprint density at radius 2 is 1.59 bits per heavy atom. The zero-order valence-corrected chi connectivity index (χ0v) is 20.7. The molecule has 34 heavy (non-hydrogen) atoms. The Balaban J connectivity index is 1.93. The highest BCUT2D eigenvalue weighted by Crippen LogP contribution is 2.28. The topological polar surface area (TPSA) is 55.2 Å². The molecule has 1 unspecified atom stereocenters. The number of rotatable bonds is 6. The Labute approximate surface area is 208 Å². The van der Waals surface area contributed by atoms with Crippen LogP contribution in [0, 0.1) is 5.92 Å². The number of fused-ring (bicyclic) bond motifs is 1. The van der Waals surface area contributed by atoms with Crippen molar-refractivity contribution in [1.29, 1.82) is 0 Å². The number of nitrogens with zero attached hydrogens (tertiary/aromatic N) is 3. The molecular formula is C27H25Cl2N3O2. The van der Waals surface area contributed by atoms with E-state index in [1.807, 2.05) is 39.0 Å². The summed E-state index contributed by atoms with van der Waals surface area (Å²) in [6.45, 7) is 6.46. The van der Waals surface area contributed by atoms with Gasteiger partial charge in [-0.15, -0.1) is 0 Å². The van der Waals surface area contributed by atoms with Crippen LogP contribution in [0.25, 0.3) is 16.6 Å². The van der Waals surface area contributed by atoms with Crippen LogP contribution >= 0.6 is 23.2 Å². The van der Waals surface area contributed by atoms with E-state index >= 15 is 0 Å². The second-order valence-corrected chi connectivity index (χ2v) is 9.46. The lowest BCUT2D eigenvalue weighted by Gasteiger charge is -2.32. The van der Waals surface area contributed by atoms with Gasteiger partial charge in [0.15, 0.2) is 0 Å². The molecule has 174 valence electrons. The highest BCUT2D eigenvalue weighted by atomic mass is 35.5. The van der Waals surface area contributed by atoms with Crippen molar-refractivity contribution in [3.05, 3.63) is 105 Å². The van der Waals surface area contributed by atoms with E-state index in [1.165, 1.54) is 4.57 Å². The molecule has 0 aliphatic carbocycles. The predicted octanol–water partition coefficient (Wildman–Crippen LogP) is 6.55. The molecule has 0 bridgehead atoms. The molecule has 0 radical (unpaired) electrons. The summed E-state index contributed by atoms with van der Waals surface area (Å²) in [5.74, 6) is 0.477. The van der Waals surface area contributed by atoms with Gasteiger partial charge in [-0.05, 0) is 61.4 Å². The molecule has 0 fully saturated rings. The van der Waals surface area contributed by atoms with E-state index in [2.05, 4.69) is 0 Å². The molecule has 0 aliphatic heterocycles. The molecule has 1 atom stereocenters. The number of halogens is 2. The van der Waals surface area contributed by atoms with Gasteiger partial charge in [-0.3, -0.25) is 14.2 Å². The van der Waals surface area contributed by atoms with Crippen molar-refractivity contribution in [3.8, 4) is 5.69 Å². The van der Waals surface area contributed by atoms with Crippen molar-refractivity contribution in [2.24, 2.45) is 5.92 Å². The fourth-order valence-corrected chi connectivity index (χ4v) is 4.35. The highest BCUT2D eigenvalue weighted by Gasteiger charge is 2.28. The summed E-state index contributed by atoms with van der Waals surface area (Å²) in [6, 6.07) is 20.6. The number of carbonyl (C=O) groups is 1. The standard InChI is InChI=1S/C27H25Cl2N3O2/c1-17(2)16-31(26(33)19-12-14-20(28)15-13-19)18(3)25-30-23-10-6-4-8-21(23)27(34)32(25)24-11-7-5-9-22(24)29/h4-15,17-18H,16H2,1-3H3. The predicted molar refractivity (Wildman–Crippen MR) is 138 cm³/mol. The van der Waals surface area contributed by atoms with Crippen molar-refractivity contribution in [1.82, 2.24) is 14.5 Å². The lowest BCUT2D eigenvalue weighted by Crippen LogP contribution is -2.39. The van der Waals surface area contributed by atoms with Crippen molar-refractivity contribution in [3.63, 3.8) is 0 Å². The molecule has 0 aliphatic rings. The molecule has 7 heteroatoms. The second kappa shape index (κ2) is 10.00. The molecule has 0 saturated heterocycles. The van der Waals surface area contributed by atoms with Crippen molar-refractivity contribution in [2.45, 2.75) is 26.8 Å². The van der Waals surface area contributed by atoms with Crippen LogP contribution in [-0.2, 0) is 0 Å². The molecule has 4 rings (SSSR count). The summed E-state index contributed by atoms with van der Waals surface area (Å²) in [5, 5.41) is 1.47. The largest absolute Gasteiger partial charge is 0.328 e. The third kappa shape index (κ3) is 4.72. The fourth-order valence-electron chi connectivity index (χ4n) is 4.00. The average Bonchev–Trinajstić information content (AvgIpc) is 2.83. The van der Waals surface area contributed by atoms with Gasteiger partial charge in [0, 0.05) is 17.1 Å². The molecule has 0 spiro atoms. The van der Waals surface area contributed by atoms with Crippen molar-refractivity contribution in [2.75, 3.05) is 6.54 Å². The van der Waals surface area contributed by atoms with E-state index in [0.717, 1.165) is 0 Å². The quantitative estimate of drug-likeness (QED) is 0.305. The normalized spacial score (nSPS) is 12.2. The fraction of sp³-hybridized carbons (Fsp3) is 0.222. The second-order valence-electron chi connectivity index (χ2n) is 8.61. The Bertz CT molecular complexity index is 1400. The van der Waals surface area contributed by atoms with E-state index in [1.54, 1.807) is 59.5 Å². The number of amides is 1. The Morgan fingerprint density at radius 1 is 0.941 bits per heavy atom. The zero-order valence-electron chi connectivity index (χ0n) is 19.2. The first-order valence-corrected chi connectivity index (χ1v) is 11.9. The Hall–Kier alpha value is -3.15. The monoisotopic (exact) mass is 493 g/mol. The number of para-hydroxylation sites is 2. The average molecular weight is 494 g/mol. The SMILES string of the molecule is CC(C)CN(C(=O)c1ccc(Cl)cc1)C(C)c1nc2ccccc2c(=O)n1-c1ccccc1Cl. The molecule has 4 aromatic rings. The number of aromatic nitrogens is 2. The Kier molecular flexibility index (Phi) is 7.05. The lowest BCUT2D eigenvalue weighted by molar-refractivity contribution is 0.0655. The van der Waals surface area contributed by atoms with Gasteiger partial charge in [-0.1, -0.05) is 61.3 Å². The van der Waals surface area contributed by atoms with Gasteiger partial charge < -0.3 is 4.90 Å². The number of hydrogen-bond acceptors (Lipinski definition) is 3. The van der Waals surface area contributed by atoms with Crippen molar-refractivity contribution >= 4 is 40.0 Å². The van der Waals surface area contributed by atoms with E-state index in [-0.39, 0.29) is 17.4 Å². The van der Waals surface area contributed by atoms with Gasteiger partial charge in [-0.25, -0.2) is 4.98 Å². The summed E-state index contributed by atoms with van der Waals surface area (Å²) in [7, 11) is 0. The summed E-state index contributed by atoms with van der Waals surface area (Å²) < 4.78 is 1.53. The first kappa shape index (κ1) is 24.0. The third-order valence-electron chi connectivity index (χ3n) is 5.65. The minimum absolute atomic E-state index is 0.161. The minimum Gasteiger partial charge on any atom is -0.328 e. The zero-order chi connectivity index (χ0) is 24.4. The molecule has 1 aromatic heterocycles. The van der Waals surface area contributed by atoms with Crippen LogP contribution < -0.4 is 5.56 Å². The molecule has 3 aromatic carbocycles. The molecule has 5 nitrogen and oxygen atoms in total. The van der Waals surface area contributed by atoms with Gasteiger partial charge in [0.1, 0.15) is 5.82 Å². The van der Waals surface area contributed by atoms with Gasteiger partial charge in [-0.2, -0.15) is 0 Å². The van der Waals surface area contributed by atoms with Gasteiger partial charge >= 0.3 is 0 Å². The van der Waals surface area contributed by atoms with E-state index in [9.17, 15) is 9.59 Å². The van der Waals surface area contributed by atoms with Gasteiger partial charge in [0.2, 0.25) is 0 Å². The summed E-state index contributed by atoms with van der Waals surface area (Å²) in [6.07, 6.45) is 0. The van der Waals surface area contributed by atoms with E-state index in [0.29, 0.717) is 44.6 Å². The number of carbonyl (C=O) groups excluding carboxylic acids is 1. The summed E-state index contributed by atoms with van der Waals surface area (Å²) in [4.78, 5) is 33.9. The number of hydrogen-bond donors (Lipinski definition) is 0. The van der Waals surface area contributed by atoms with Crippen LogP contribution in [0.4, 0.5) is 0 Å². The van der Waals surface area contributed by atoms with E-state index in [4.69, 9.17) is 28.2 Å². The minimum atomic E-state index is -0.515. The number of benzene rings is 3. The van der Waals surface area contributed by atoms with Crippen LogP contribution in [0.2, 0.25) is 10.0 Å². The first-order chi connectivity index (χ1) is 16.3. The van der Waals surface area contributed by atoms with Crippen LogP contribution in [0.5, 0.6) is 0 Å². The summed E-state index contributed by atoms with van der Waals surface area (Å²) >= 11 is 12.5. The summed E-state index contributed by atoms with van der Waals surface area (Å²) in [5.41, 5.74) is 1.38. The smallest absolute Gasteiger partial charge is 0.266 e. The maximum absolute atomic E-state index is 13.7. The van der Waals surface area contributed by atoms with Crippen LogP contribution in [0.15, 0.2) is 77.6 Å². The lowest BCUT2D eigenvalue weighted by atomic mass is 10.1. The maximum atomic E-state index is 13.7. The Morgan fingerprint density at radius 3 is 2.26 bits per heavy atom. The highest BCUT2D eigenvalue weighted by molar-refractivity contribution is 6.32. The molecular weight excluding hydrogens is 469 g/mol. The van der Waals surface area contributed by atoms with Gasteiger partial charge in [0.25, 0.3) is 11.5 Å². The van der Waals surface area contributed by atoms with Gasteiger partial charge in [0.05, 0.1) is 27.7 Å². The maximum Gasteiger partial charge on any atom is 0.266 e. The first-order valence-electron chi connectivity index (χ1n) is 11.1. The van der Waals surface area contributed by atoms with Crippen molar-refractivity contribution < 1.29 is 4.79 Å². The molecule has 1 heterocycles. The molecule has 1 amide bonds.